The average Bonchev–Trinajstić information content (AvgIpc) is 2.94. The van der Waals surface area contributed by atoms with E-state index in [0.29, 0.717) is 6.61 Å². The summed E-state index contributed by atoms with van der Waals surface area (Å²) in [5.74, 6) is -0.663. The molecule has 0 saturated carbocycles. The second-order valence-corrected chi connectivity index (χ2v) is 25.8. The molecule has 0 bridgehead atoms. The molecule has 0 aliphatic carbocycles. The van der Waals surface area contributed by atoms with Crippen LogP contribution < -0.4 is 0 Å². The normalized spacial score (nSPS) is 20.1. The van der Waals surface area contributed by atoms with Crippen LogP contribution in [0.5, 0.6) is 0 Å². The van der Waals surface area contributed by atoms with E-state index in [1.54, 1.807) is 0 Å². The highest BCUT2D eigenvalue weighted by Gasteiger charge is 2.45. The molecular weight excluding hydrogens is 471 g/mol. The number of nitrogens with zero attached hydrogens (tertiary/aromatic N) is 1. The molecule has 2 amide bonds. The number of imide groups is 1. The molecule has 3 atom stereocenters. The van der Waals surface area contributed by atoms with Crippen LogP contribution in [0.25, 0.3) is 0 Å². The third-order valence-corrected chi connectivity index (χ3v) is 20.2. The lowest BCUT2D eigenvalue weighted by molar-refractivity contribution is -0.153. The lowest BCUT2D eigenvalue weighted by Gasteiger charge is -2.43. The van der Waals surface area contributed by atoms with Crippen molar-refractivity contribution >= 4 is 36.8 Å². The van der Waals surface area contributed by atoms with Crippen molar-refractivity contribution in [2.45, 2.75) is 122 Å². The second-order valence-electron chi connectivity index (χ2n) is 12.1. The maximum atomic E-state index is 11.8. The third kappa shape index (κ3) is 11.7. The van der Waals surface area contributed by atoms with Crippen LogP contribution in [0.4, 0.5) is 0 Å². The van der Waals surface area contributed by atoms with Gasteiger partial charge in [0, 0.05) is 27.5 Å². The molecule has 1 fully saturated rings. The summed E-state index contributed by atoms with van der Waals surface area (Å²) >= 11 is 0. The fourth-order valence-electron chi connectivity index (χ4n) is 4.82. The lowest BCUT2D eigenvalue weighted by atomic mass is 10.2. The SMILES string of the molecule is CCCC[Si](C)(C[Si](C)(C)C)O[Si](C)(CCCOCC(O)N1C(=O)CCC1=O)OC(C)(C)C. The van der Waals surface area contributed by atoms with E-state index in [1.807, 2.05) is 0 Å². The number of hydrogen-bond acceptors (Lipinski definition) is 6. The highest BCUT2D eigenvalue weighted by molar-refractivity contribution is 6.95. The third-order valence-electron chi connectivity index (χ3n) is 5.52. The Labute approximate surface area is 204 Å². The van der Waals surface area contributed by atoms with Crippen molar-refractivity contribution in [3.05, 3.63) is 0 Å². The van der Waals surface area contributed by atoms with Crippen molar-refractivity contribution < 1.29 is 28.0 Å². The van der Waals surface area contributed by atoms with Gasteiger partial charge in [-0.3, -0.25) is 14.5 Å². The highest BCUT2D eigenvalue weighted by atomic mass is 28.5. The number of hydrogen-bond donors (Lipinski definition) is 1. The van der Waals surface area contributed by atoms with Crippen LogP contribution >= 0.6 is 0 Å². The van der Waals surface area contributed by atoms with E-state index in [9.17, 15) is 14.7 Å². The van der Waals surface area contributed by atoms with Gasteiger partial charge in [-0.05, 0) is 58.0 Å². The van der Waals surface area contributed by atoms with Gasteiger partial charge >= 0.3 is 8.56 Å². The molecule has 10 heteroatoms. The first-order chi connectivity index (χ1) is 15.0. The summed E-state index contributed by atoms with van der Waals surface area (Å²) in [6, 6.07) is 1.98. The highest BCUT2D eigenvalue weighted by Crippen LogP contribution is 2.33. The summed E-state index contributed by atoms with van der Waals surface area (Å²) in [7, 11) is -5.69. The summed E-state index contributed by atoms with van der Waals surface area (Å²) in [6.07, 6.45) is 2.24. The van der Waals surface area contributed by atoms with Crippen molar-refractivity contribution in [1.82, 2.24) is 4.90 Å². The van der Waals surface area contributed by atoms with Gasteiger partial charge in [0.1, 0.15) is 0 Å². The molecule has 0 radical (unpaired) electrons. The molecule has 7 nitrogen and oxygen atoms in total. The summed E-state index contributed by atoms with van der Waals surface area (Å²) in [6.45, 7) is 20.7. The van der Waals surface area contributed by atoms with E-state index in [4.69, 9.17) is 13.3 Å². The van der Waals surface area contributed by atoms with E-state index in [-0.39, 0.29) is 36.9 Å². The maximum Gasteiger partial charge on any atom is 0.325 e. The van der Waals surface area contributed by atoms with Crippen LogP contribution in [-0.2, 0) is 22.9 Å². The van der Waals surface area contributed by atoms with Crippen molar-refractivity contribution in [3.8, 4) is 0 Å². The van der Waals surface area contributed by atoms with Crippen LogP contribution in [0.3, 0.4) is 0 Å². The number of aliphatic hydroxyl groups excluding tert-OH is 1. The molecule has 1 N–H and O–H groups in total. The second kappa shape index (κ2) is 12.5. The topological polar surface area (TPSA) is 85.3 Å². The number of aliphatic hydroxyl groups is 1. The average molecular weight is 520 g/mol. The molecule has 1 aliphatic rings. The van der Waals surface area contributed by atoms with Gasteiger partial charge in [-0.15, -0.1) is 0 Å². The molecule has 0 aromatic carbocycles. The summed E-state index contributed by atoms with van der Waals surface area (Å²) in [5.41, 5.74) is 0.949. The summed E-state index contributed by atoms with van der Waals surface area (Å²) < 4.78 is 19.4. The van der Waals surface area contributed by atoms with Crippen molar-refractivity contribution in [2.75, 3.05) is 13.2 Å². The molecule has 1 saturated heterocycles. The Hall–Kier alpha value is -0.369. The number of carbonyl (C=O) groups excluding carboxylic acids is 2. The Balaban J connectivity index is 2.74. The molecule has 0 spiro atoms. The molecule has 3 unspecified atom stereocenters. The minimum absolute atomic E-state index is 0.0602. The minimum atomic E-state index is -2.47. The molecule has 0 aromatic heterocycles. The van der Waals surface area contributed by atoms with Crippen molar-refractivity contribution in [2.24, 2.45) is 0 Å². The van der Waals surface area contributed by atoms with Crippen LogP contribution in [0.2, 0.25) is 50.5 Å². The van der Waals surface area contributed by atoms with Crippen molar-refractivity contribution in [3.63, 3.8) is 0 Å². The van der Waals surface area contributed by atoms with Gasteiger partial charge in [-0.25, -0.2) is 0 Å². The largest absolute Gasteiger partial charge is 0.436 e. The van der Waals surface area contributed by atoms with E-state index >= 15 is 0 Å². The van der Waals surface area contributed by atoms with Gasteiger partial charge in [-0.2, -0.15) is 0 Å². The molecule has 1 aliphatic heterocycles. The fourth-order valence-corrected chi connectivity index (χ4v) is 23.9. The standard InChI is InChI=1S/C23H49NO6Si3/c1-10-11-16-32(8,19-31(5,6)7)30-33(9,29-23(2,3)4)17-12-15-28-18-22(27)24-20(25)13-14-21(24)26/h22,27H,10-19H2,1-9H3. The van der Waals surface area contributed by atoms with Gasteiger partial charge in [-0.1, -0.05) is 39.4 Å². The fraction of sp³-hybridized carbons (Fsp3) is 0.913. The Kier molecular flexibility index (Phi) is 11.7. The van der Waals surface area contributed by atoms with E-state index in [2.05, 4.69) is 60.4 Å². The maximum absolute atomic E-state index is 11.8. The Morgan fingerprint density at radius 2 is 1.58 bits per heavy atom. The zero-order valence-electron chi connectivity index (χ0n) is 22.6. The predicted molar refractivity (Wildman–Crippen MR) is 140 cm³/mol. The Morgan fingerprint density at radius 3 is 2.06 bits per heavy atom. The minimum Gasteiger partial charge on any atom is -0.436 e. The Bertz CT molecular complexity index is 635. The van der Waals surface area contributed by atoms with Crippen LogP contribution in [0, 0.1) is 0 Å². The van der Waals surface area contributed by atoms with Crippen LogP contribution in [0.1, 0.15) is 59.8 Å². The first-order valence-corrected chi connectivity index (χ1v) is 21.6. The van der Waals surface area contributed by atoms with Gasteiger partial charge in [0.05, 0.1) is 12.2 Å². The van der Waals surface area contributed by atoms with Crippen LogP contribution in [0.15, 0.2) is 0 Å². The van der Waals surface area contributed by atoms with E-state index in [1.165, 1.54) is 24.6 Å². The van der Waals surface area contributed by atoms with Gasteiger partial charge in [0.2, 0.25) is 11.8 Å². The monoisotopic (exact) mass is 519 g/mol. The number of carbonyl (C=O) groups is 2. The lowest BCUT2D eigenvalue weighted by Crippen LogP contribution is -2.55. The number of likely N-dealkylation sites (tertiary alicyclic amines) is 1. The number of ether oxygens (including phenoxy) is 1. The molecule has 194 valence electrons. The zero-order valence-corrected chi connectivity index (χ0v) is 25.6. The predicted octanol–water partition coefficient (Wildman–Crippen LogP) is 5.02. The molecule has 1 rings (SSSR count). The summed E-state index contributed by atoms with van der Waals surface area (Å²) in [4.78, 5) is 24.4. The number of rotatable bonds is 15. The zero-order chi connectivity index (χ0) is 25.5. The summed E-state index contributed by atoms with van der Waals surface area (Å²) in [5, 5.41) is 10.2. The van der Waals surface area contributed by atoms with Crippen LogP contribution in [-0.4, -0.2) is 71.8 Å². The van der Waals surface area contributed by atoms with Gasteiger partial charge in [0.15, 0.2) is 14.5 Å². The quantitative estimate of drug-likeness (QED) is 0.186. The Morgan fingerprint density at radius 1 is 1.00 bits per heavy atom. The van der Waals surface area contributed by atoms with Crippen molar-refractivity contribution in [1.29, 1.82) is 0 Å². The van der Waals surface area contributed by atoms with E-state index in [0.717, 1.165) is 17.4 Å². The number of unbranched alkanes of at least 4 members (excludes halogenated alkanes) is 1. The molecule has 0 aromatic rings. The van der Waals surface area contributed by atoms with E-state index < -0.39 is 31.2 Å². The first kappa shape index (κ1) is 30.7. The molecular formula is C23H49NO6Si3. The smallest absolute Gasteiger partial charge is 0.325 e. The number of amides is 2. The molecule has 33 heavy (non-hydrogen) atoms. The van der Waals surface area contributed by atoms with Gasteiger partial charge < -0.3 is 18.4 Å². The molecule has 1 heterocycles. The first-order valence-electron chi connectivity index (χ1n) is 12.5. The van der Waals surface area contributed by atoms with Gasteiger partial charge in [0.25, 0.3) is 0 Å².